The number of carbonyl (C=O) groups excluding carboxylic acids is 1. The number of hydrogen-bond donors (Lipinski definition) is 2. The van der Waals surface area contributed by atoms with Crippen LogP contribution >= 0.6 is 0 Å². The van der Waals surface area contributed by atoms with E-state index < -0.39 is 0 Å². The van der Waals surface area contributed by atoms with Gasteiger partial charge in [-0.15, -0.1) is 0 Å². The zero-order valence-electron chi connectivity index (χ0n) is 9.24. The third kappa shape index (κ3) is 3.00. The summed E-state index contributed by atoms with van der Waals surface area (Å²) in [5.41, 5.74) is 7.13. The van der Waals surface area contributed by atoms with Gasteiger partial charge in [-0.1, -0.05) is 0 Å². The average Bonchev–Trinajstić information content (AvgIpc) is 2.74. The molecule has 1 aliphatic rings. The molecule has 2 heterocycles. The van der Waals surface area contributed by atoms with Crippen molar-refractivity contribution in [3.8, 4) is 0 Å². The molecule has 5 heteroatoms. The number of rotatable bonds is 2. The van der Waals surface area contributed by atoms with Crippen molar-refractivity contribution in [3.05, 3.63) is 51.8 Å². The van der Waals surface area contributed by atoms with Gasteiger partial charge in [-0.2, -0.15) is 0 Å². The van der Waals surface area contributed by atoms with Crippen molar-refractivity contribution in [1.29, 1.82) is 0 Å². The molecule has 1 aliphatic heterocycles. The first-order valence-corrected chi connectivity index (χ1v) is 7.32. The number of halogens is 1. The normalized spacial score (nSPS) is 15.9. The first kappa shape index (κ1) is 12.0. The first-order chi connectivity index (χ1) is 8.16. The van der Waals surface area contributed by atoms with Crippen LogP contribution in [0.25, 0.3) is 3.58 Å². The molecule has 2 rings (SSSR count). The summed E-state index contributed by atoms with van der Waals surface area (Å²) in [6, 6.07) is 3.78. The number of allylic oxidation sites excluding steroid dienone is 2. The van der Waals surface area contributed by atoms with Crippen molar-refractivity contribution in [1.82, 2.24) is 5.32 Å². The molecule has 0 bridgehead atoms. The molecular weight excluding hydrogens is 331 g/mol. The van der Waals surface area contributed by atoms with Crippen LogP contribution in [-0.4, -0.2) is 5.91 Å². The van der Waals surface area contributed by atoms with E-state index in [-0.39, 0.29) is 27.1 Å². The van der Waals surface area contributed by atoms with E-state index in [1.807, 2.05) is 22.3 Å². The Hall–Kier alpha value is -1.50. The van der Waals surface area contributed by atoms with Crippen LogP contribution < -0.4 is 32.3 Å². The Morgan fingerprint density at radius 3 is 2.94 bits per heavy atom. The predicted molar refractivity (Wildman–Crippen MR) is 60.9 cm³/mol. The minimum atomic E-state index is -0.372. The standard InChI is InChI=1S/C12H12IN2O2/c1-8(16)15-11-7-13-9(4-5-10(11)14)12-3-2-6-17-12/h2-7H,14H2,1H3,(H,15,16)/q-1. The van der Waals surface area contributed by atoms with Crippen molar-refractivity contribution in [2.45, 2.75) is 6.92 Å². The van der Waals surface area contributed by atoms with Gasteiger partial charge >= 0.3 is 110 Å². The molecule has 0 radical (unpaired) electrons. The number of nitrogens with one attached hydrogen (secondary N) is 1. The molecule has 0 aromatic carbocycles. The Morgan fingerprint density at radius 1 is 1.47 bits per heavy atom. The summed E-state index contributed by atoms with van der Waals surface area (Å²) in [5.74, 6) is 0.750. The van der Waals surface area contributed by atoms with Crippen LogP contribution in [0.4, 0.5) is 0 Å². The van der Waals surface area contributed by atoms with Gasteiger partial charge in [-0.05, 0) is 0 Å². The zero-order chi connectivity index (χ0) is 12.3. The third-order valence-electron chi connectivity index (χ3n) is 2.07. The van der Waals surface area contributed by atoms with Gasteiger partial charge in [0.1, 0.15) is 0 Å². The van der Waals surface area contributed by atoms with Gasteiger partial charge in [-0.3, -0.25) is 0 Å². The molecule has 0 spiro atoms. The number of nitrogens with two attached hydrogens (primary N) is 1. The number of amides is 1. The Labute approximate surface area is 110 Å². The number of carbonyl (C=O) groups is 1. The van der Waals surface area contributed by atoms with Gasteiger partial charge in [0.15, 0.2) is 0 Å². The SMILES string of the molecule is CC(=O)NC1=C[I-]C(c2ccco2)=CC=C1N. The van der Waals surface area contributed by atoms with Crippen LogP contribution in [0.3, 0.4) is 0 Å². The van der Waals surface area contributed by atoms with Gasteiger partial charge in [-0.25, -0.2) is 0 Å². The van der Waals surface area contributed by atoms with Gasteiger partial charge in [0, 0.05) is 0 Å². The summed E-state index contributed by atoms with van der Waals surface area (Å²) in [6.45, 7) is 1.47. The second kappa shape index (κ2) is 5.22. The molecule has 17 heavy (non-hydrogen) atoms. The third-order valence-corrected chi connectivity index (χ3v) is 4.57. The molecule has 0 saturated heterocycles. The van der Waals surface area contributed by atoms with Crippen molar-refractivity contribution < 1.29 is 30.4 Å². The fourth-order valence-corrected chi connectivity index (χ4v) is 3.47. The van der Waals surface area contributed by atoms with Crippen LogP contribution in [0.1, 0.15) is 12.7 Å². The summed E-state index contributed by atoms with van der Waals surface area (Å²) in [4.78, 5) is 11.0. The minimum absolute atomic E-state index is 0.113. The van der Waals surface area contributed by atoms with Crippen LogP contribution in [0.5, 0.6) is 0 Å². The van der Waals surface area contributed by atoms with E-state index in [0.29, 0.717) is 11.4 Å². The van der Waals surface area contributed by atoms with E-state index in [4.69, 9.17) is 10.2 Å². The fraction of sp³-hybridized carbons (Fsp3) is 0.0833. The zero-order valence-corrected chi connectivity index (χ0v) is 11.4. The summed E-state index contributed by atoms with van der Waals surface area (Å²) < 4.78 is 8.48. The molecule has 1 amide bonds. The fourth-order valence-electron chi connectivity index (χ4n) is 1.30. The molecular formula is C12H12IN2O2-. The maximum atomic E-state index is 11.0. The van der Waals surface area contributed by atoms with Gasteiger partial charge in [0.05, 0.1) is 0 Å². The Kier molecular flexibility index (Phi) is 3.68. The quantitative estimate of drug-likeness (QED) is 0.646. The Balaban J connectivity index is 2.23. The van der Waals surface area contributed by atoms with Crippen LogP contribution in [0.15, 0.2) is 50.4 Å². The van der Waals surface area contributed by atoms with E-state index in [1.54, 1.807) is 12.3 Å². The van der Waals surface area contributed by atoms with E-state index in [0.717, 1.165) is 9.34 Å². The van der Waals surface area contributed by atoms with Crippen molar-refractivity contribution in [2.75, 3.05) is 0 Å². The second-order valence-electron chi connectivity index (χ2n) is 3.43. The molecule has 4 nitrogen and oxygen atoms in total. The second-order valence-corrected chi connectivity index (χ2v) is 5.83. The predicted octanol–water partition coefficient (Wildman–Crippen LogP) is -1.46. The van der Waals surface area contributed by atoms with E-state index >= 15 is 0 Å². The molecule has 0 fully saturated rings. The summed E-state index contributed by atoms with van der Waals surface area (Å²) in [5, 5.41) is 2.73. The molecule has 0 saturated carbocycles. The van der Waals surface area contributed by atoms with Gasteiger partial charge in [0.25, 0.3) is 0 Å². The number of hydrogen-bond acceptors (Lipinski definition) is 3. The molecule has 1 aromatic heterocycles. The van der Waals surface area contributed by atoms with Crippen LogP contribution in [0, 0.1) is 0 Å². The van der Waals surface area contributed by atoms with E-state index in [1.165, 1.54) is 6.92 Å². The summed E-state index contributed by atoms with van der Waals surface area (Å²) in [7, 11) is 0. The molecule has 0 atom stereocenters. The topological polar surface area (TPSA) is 68.3 Å². The average molecular weight is 343 g/mol. The summed E-state index contributed by atoms with van der Waals surface area (Å²) >= 11 is -0.372. The molecule has 1 aromatic rings. The Bertz CT molecular complexity index is 513. The molecule has 3 N–H and O–H groups in total. The van der Waals surface area contributed by atoms with Crippen LogP contribution in [0.2, 0.25) is 0 Å². The Morgan fingerprint density at radius 2 is 2.29 bits per heavy atom. The van der Waals surface area contributed by atoms with E-state index in [2.05, 4.69) is 5.32 Å². The van der Waals surface area contributed by atoms with Crippen LogP contribution in [-0.2, 0) is 4.79 Å². The van der Waals surface area contributed by atoms with Crippen molar-refractivity contribution in [2.24, 2.45) is 5.73 Å². The number of furan rings is 1. The first-order valence-electron chi connectivity index (χ1n) is 4.99. The van der Waals surface area contributed by atoms with Gasteiger partial charge < -0.3 is 0 Å². The maximum absolute atomic E-state index is 11.0. The van der Waals surface area contributed by atoms with E-state index in [9.17, 15) is 4.79 Å². The molecule has 0 unspecified atom stereocenters. The van der Waals surface area contributed by atoms with Gasteiger partial charge in [0.2, 0.25) is 0 Å². The van der Waals surface area contributed by atoms with Crippen molar-refractivity contribution >= 4 is 9.49 Å². The molecule has 0 aliphatic carbocycles. The summed E-state index contributed by atoms with van der Waals surface area (Å²) in [6.07, 6.45) is 5.40. The monoisotopic (exact) mass is 343 g/mol. The molecule has 90 valence electrons. The van der Waals surface area contributed by atoms with Crippen molar-refractivity contribution in [3.63, 3.8) is 0 Å².